The lowest BCUT2D eigenvalue weighted by Gasteiger charge is -2.16. The van der Waals surface area contributed by atoms with Gasteiger partial charge < -0.3 is 20.9 Å². The highest BCUT2D eigenvalue weighted by Gasteiger charge is 2.15. The molecule has 2 aromatic carbocycles. The number of halogens is 1. The molecular weight excluding hydrogens is 364 g/mol. The van der Waals surface area contributed by atoms with Crippen LogP contribution >= 0.6 is 11.6 Å². The van der Waals surface area contributed by atoms with Gasteiger partial charge >= 0.3 is 5.97 Å². The van der Waals surface area contributed by atoms with Crippen molar-refractivity contribution in [2.75, 3.05) is 18.5 Å². The third kappa shape index (κ3) is 6.77. The van der Waals surface area contributed by atoms with Crippen LogP contribution in [0.25, 0.3) is 0 Å². The van der Waals surface area contributed by atoms with Crippen molar-refractivity contribution in [2.45, 2.75) is 38.6 Å². The normalized spacial score (nSPS) is 11.8. The molecule has 2 rings (SSSR count). The number of benzene rings is 2. The molecule has 0 fully saturated rings. The first-order valence-electron chi connectivity index (χ1n) is 9.20. The molecule has 0 saturated carbocycles. The second-order valence-corrected chi connectivity index (χ2v) is 6.88. The van der Waals surface area contributed by atoms with Crippen molar-refractivity contribution in [1.82, 2.24) is 0 Å². The topological polar surface area (TPSA) is 84.6 Å². The highest BCUT2D eigenvalue weighted by atomic mass is 35.5. The van der Waals surface area contributed by atoms with Crippen LogP contribution in [-0.4, -0.2) is 24.2 Å². The zero-order valence-electron chi connectivity index (χ0n) is 15.6. The maximum Gasteiger partial charge on any atom is 0.304 e. The van der Waals surface area contributed by atoms with Crippen molar-refractivity contribution >= 4 is 23.3 Å². The van der Waals surface area contributed by atoms with Gasteiger partial charge in [-0.05, 0) is 48.4 Å². The minimum absolute atomic E-state index is 0.00291. The largest absolute Gasteiger partial charge is 0.494 e. The molecule has 27 heavy (non-hydrogen) atoms. The van der Waals surface area contributed by atoms with Crippen molar-refractivity contribution in [1.29, 1.82) is 0 Å². The lowest BCUT2D eigenvalue weighted by molar-refractivity contribution is -0.137. The van der Waals surface area contributed by atoms with E-state index in [1.54, 1.807) is 6.07 Å². The third-order valence-electron chi connectivity index (χ3n) is 4.34. The minimum atomic E-state index is -0.865. The van der Waals surface area contributed by atoms with E-state index in [-0.39, 0.29) is 18.9 Å². The van der Waals surface area contributed by atoms with Crippen LogP contribution < -0.4 is 15.8 Å². The molecule has 6 heteroatoms. The van der Waals surface area contributed by atoms with Crippen LogP contribution in [0.3, 0.4) is 0 Å². The van der Waals surface area contributed by atoms with E-state index >= 15 is 0 Å². The fourth-order valence-electron chi connectivity index (χ4n) is 2.72. The lowest BCUT2D eigenvalue weighted by atomic mass is 9.95. The summed E-state index contributed by atoms with van der Waals surface area (Å²) in [6.07, 6.45) is 2.15. The second kappa shape index (κ2) is 10.8. The molecule has 0 unspecified atom stereocenters. The van der Waals surface area contributed by atoms with Gasteiger partial charge in [-0.25, -0.2) is 0 Å². The SMILES string of the molecule is CCCCOc1ccc(CNc2cc([C@H](CN)CC(=O)O)ccc2Cl)cc1. The van der Waals surface area contributed by atoms with Gasteiger partial charge in [-0.3, -0.25) is 4.79 Å². The summed E-state index contributed by atoms with van der Waals surface area (Å²) in [5, 5.41) is 12.9. The summed E-state index contributed by atoms with van der Waals surface area (Å²) >= 11 is 6.28. The van der Waals surface area contributed by atoms with Crippen LogP contribution in [-0.2, 0) is 11.3 Å². The average Bonchev–Trinajstić information content (AvgIpc) is 2.66. The number of rotatable bonds is 11. The molecule has 2 aromatic rings. The number of carboxylic acids is 1. The van der Waals surface area contributed by atoms with Crippen LogP contribution in [0.2, 0.25) is 5.02 Å². The summed E-state index contributed by atoms with van der Waals surface area (Å²) in [7, 11) is 0. The minimum Gasteiger partial charge on any atom is -0.494 e. The second-order valence-electron chi connectivity index (χ2n) is 6.47. The molecule has 0 aromatic heterocycles. The Labute approximate surface area is 165 Å². The van der Waals surface area contributed by atoms with Gasteiger partial charge in [-0.15, -0.1) is 0 Å². The average molecular weight is 391 g/mol. The van der Waals surface area contributed by atoms with Crippen LogP contribution in [0.4, 0.5) is 5.69 Å². The number of carbonyl (C=O) groups is 1. The Morgan fingerprint density at radius 1 is 1.26 bits per heavy atom. The molecule has 0 aliphatic heterocycles. The number of ether oxygens (including phenoxy) is 1. The van der Waals surface area contributed by atoms with Gasteiger partial charge in [0.25, 0.3) is 0 Å². The van der Waals surface area contributed by atoms with E-state index in [9.17, 15) is 4.79 Å². The Morgan fingerprint density at radius 3 is 2.63 bits per heavy atom. The van der Waals surface area contributed by atoms with E-state index in [0.717, 1.165) is 42.0 Å². The van der Waals surface area contributed by atoms with Crippen LogP contribution in [0, 0.1) is 0 Å². The van der Waals surface area contributed by atoms with Gasteiger partial charge in [0.05, 0.1) is 23.7 Å². The van der Waals surface area contributed by atoms with Crippen molar-refractivity contribution in [3.8, 4) is 5.75 Å². The number of aliphatic carboxylic acids is 1. The monoisotopic (exact) mass is 390 g/mol. The molecule has 5 nitrogen and oxygen atoms in total. The lowest BCUT2D eigenvalue weighted by Crippen LogP contribution is -2.16. The van der Waals surface area contributed by atoms with Gasteiger partial charge in [0, 0.05) is 12.5 Å². The van der Waals surface area contributed by atoms with E-state index in [2.05, 4.69) is 12.2 Å². The maximum atomic E-state index is 11.0. The summed E-state index contributed by atoms with van der Waals surface area (Å²) in [6.45, 7) is 3.74. The molecule has 0 bridgehead atoms. The maximum absolute atomic E-state index is 11.0. The number of hydrogen-bond donors (Lipinski definition) is 3. The standard InChI is InChI=1S/C21H27ClN2O3/c1-2-3-10-27-18-7-4-15(5-8-18)14-24-20-11-16(6-9-19(20)22)17(13-23)12-21(25)26/h4-9,11,17,24H,2-3,10,12-14,23H2,1H3,(H,25,26)/t17-/m0/s1. The van der Waals surface area contributed by atoms with E-state index in [0.29, 0.717) is 11.6 Å². The van der Waals surface area contributed by atoms with Crippen molar-refractivity contribution < 1.29 is 14.6 Å². The Hall–Kier alpha value is -2.24. The van der Waals surface area contributed by atoms with Crippen molar-refractivity contribution in [2.24, 2.45) is 5.73 Å². The Kier molecular flexibility index (Phi) is 8.43. The smallest absolute Gasteiger partial charge is 0.304 e. The molecule has 0 aliphatic carbocycles. The summed E-state index contributed by atoms with van der Waals surface area (Å²) in [5.41, 5.74) is 8.46. The molecule has 4 N–H and O–H groups in total. The summed E-state index contributed by atoms with van der Waals surface area (Å²) in [5.74, 6) is -0.234. The van der Waals surface area contributed by atoms with E-state index < -0.39 is 5.97 Å². The molecule has 1 atom stereocenters. The Morgan fingerprint density at radius 2 is 2.00 bits per heavy atom. The summed E-state index contributed by atoms with van der Waals surface area (Å²) in [6, 6.07) is 13.4. The van der Waals surface area contributed by atoms with Gasteiger partial charge in [-0.2, -0.15) is 0 Å². The van der Waals surface area contributed by atoms with Crippen LogP contribution in [0.1, 0.15) is 43.2 Å². The fourth-order valence-corrected chi connectivity index (χ4v) is 2.90. The zero-order valence-corrected chi connectivity index (χ0v) is 16.3. The summed E-state index contributed by atoms with van der Waals surface area (Å²) in [4.78, 5) is 11.0. The molecule has 0 amide bonds. The Balaban J connectivity index is 2.00. The zero-order chi connectivity index (χ0) is 19.6. The first-order valence-corrected chi connectivity index (χ1v) is 9.58. The first-order chi connectivity index (χ1) is 13.0. The van der Waals surface area contributed by atoms with Gasteiger partial charge in [0.2, 0.25) is 0 Å². The molecule has 0 radical (unpaired) electrons. The van der Waals surface area contributed by atoms with Crippen molar-refractivity contribution in [3.05, 3.63) is 58.6 Å². The highest BCUT2D eigenvalue weighted by molar-refractivity contribution is 6.33. The van der Waals surface area contributed by atoms with Crippen molar-refractivity contribution in [3.63, 3.8) is 0 Å². The van der Waals surface area contributed by atoms with E-state index in [1.807, 2.05) is 36.4 Å². The molecular formula is C21H27ClN2O3. The van der Waals surface area contributed by atoms with Gasteiger partial charge in [-0.1, -0.05) is 43.1 Å². The Bertz CT molecular complexity index is 735. The highest BCUT2D eigenvalue weighted by Crippen LogP contribution is 2.28. The van der Waals surface area contributed by atoms with E-state index in [4.69, 9.17) is 27.2 Å². The number of nitrogens with two attached hydrogens (primary N) is 1. The first kappa shape index (κ1) is 21.1. The molecule has 146 valence electrons. The van der Waals surface area contributed by atoms with Gasteiger partial charge in [0.15, 0.2) is 0 Å². The molecule has 0 heterocycles. The number of nitrogens with one attached hydrogen (secondary N) is 1. The molecule has 0 spiro atoms. The number of anilines is 1. The predicted octanol–water partition coefficient (Wildman–Crippen LogP) is 4.65. The van der Waals surface area contributed by atoms with E-state index in [1.165, 1.54) is 0 Å². The fraction of sp³-hybridized carbons (Fsp3) is 0.381. The molecule has 0 aliphatic rings. The number of carboxylic acid groups (broad SMARTS) is 1. The predicted molar refractivity (Wildman–Crippen MR) is 110 cm³/mol. The molecule has 0 saturated heterocycles. The number of unbranched alkanes of at least 4 members (excludes halogenated alkanes) is 1. The van der Waals surface area contributed by atoms with Crippen LogP contribution in [0.15, 0.2) is 42.5 Å². The van der Waals surface area contributed by atoms with Crippen LogP contribution in [0.5, 0.6) is 5.75 Å². The quantitative estimate of drug-likeness (QED) is 0.486. The third-order valence-corrected chi connectivity index (χ3v) is 4.67. The number of hydrogen-bond acceptors (Lipinski definition) is 4. The summed E-state index contributed by atoms with van der Waals surface area (Å²) < 4.78 is 5.67. The van der Waals surface area contributed by atoms with Gasteiger partial charge in [0.1, 0.15) is 5.75 Å².